The Hall–Kier alpha value is -1.62. The minimum Gasteiger partial charge on any atom is -0.542 e. The van der Waals surface area contributed by atoms with Crippen molar-refractivity contribution in [2.75, 3.05) is 44.3 Å². The topological polar surface area (TPSA) is 98.7 Å². The van der Waals surface area contributed by atoms with Crippen molar-refractivity contribution in [2.24, 2.45) is 5.92 Å². The van der Waals surface area contributed by atoms with Crippen molar-refractivity contribution in [3.05, 3.63) is 18.1 Å². The minimum atomic E-state index is -1.39. The summed E-state index contributed by atoms with van der Waals surface area (Å²) in [5.74, 6) is -1.03. The molecule has 0 radical (unpaired) electrons. The van der Waals surface area contributed by atoms with E-state index in [1.54, 1.807) is 6.07 Å². The molecule has 9 heteroatoms. The summed E-state index contributed by atoms with van der Waals surface area (Å²) in [6.07, 6.45) is 1.40. The standard InChI is InChI=1S/C13H16N4O4.Li/c18-12(9-7-21-8-9)17-5-3-16(4-6-17)10-1-2-14-11(15-10)13(19)20;/h1-2,9H,3-8H2,(H,19,20);/q;+1/p-1. The van der Waals surface area contributed by atoms with Crippen LogP contribution in [0.25, 0.3) is 0 Å². The predicted molar refractivity (Wildman–Crippen MR) is 69.5 cm³/mol. The summed E-state index contributed by atoms with van der Waals surface area (Å²) in [5.41, 5.74) is 0. The molecule has 0 saturated carbocycles. The molecule has 112 valence electrons. The first-order valence-corrected chi connectivity index (χ1v) is 6.81. The van der Waals surface area contributed by atoms with E-state index in [0.29, 0.717) is 45.2 Å². The number of hydrogen-bond acceptors (Lipinski definition) is 7. The number of carboxylic acids is 1. The van der Waals surface area contributed by atoms with Gasteiger partial charge in [-0.1, -0.05) is 0 Å². The van der Waals surface area contributed by atoms with Crippen molar-refractivity contribution in [2.45, 2.75) is 0 Å². The molecule has 2 aliphatic rings. The second-order valence-corrected chi connectivity index (χ2v) is 5.07. The van der Waals surface area contributed by atoms with Gasteiger partial charge in [0.05, 0.1) is 19.1 Å². The molecule has 0 bridgehead atoms. The van der Waals surface area contributed by atoms with Gasteiger partial charge in [-0.25, -0.2) is 9.97 Å². The maximum Gasteiger partial charge on any atom is 1.00 e. The van der Waals surface area contributed by atoms with Gasteiger partial charge in [-0.15, -0.1) is 0 Å². The molecule has 1 amide bonds. The van der Waals surface area contributed by atoms with E-state index in [2.05, 4.69) is 9.97 Å². The minimum absolute atomic E-state index is 0. The van der Waals surface area contributed by atoms with E-state index in [0.717, 1.165) is 0 Å². The summed E-state index contributed by atoms with van der Waals surface area (Å²) >= 11 is 0. The molecule has 2 saturated heterocycles. The number of carboxylic acid groups (broad SMARTS) is 1. The van der Waals surface area contributed by atoms with Gasteiger partial charge in [0.2, 0.25) is 5.91 Å². The number of anilines is 1. The number of carbonyl (C=O) groups is 2. The van der Waals surface area contributed by atoms with Gasteiger partial charge in [0, 0.05) is 32.4 Å². The summed E-state index contributed by atoms with van der Waals surface area (Å²) in [4.78, 5) is 34.2. The first-order chi connectivity index (χ1) is 10.1. The Bertz CT molecular complexity index is 559. The maximum atomic E-state index is 12.1. The third-order valence-electron chi connectivity index (χ3n) is 3.73. The van der Waals surface area contributed by atoms with E-state index in [-0.39, 0.29) is 36.5 Å². The second kappa shape index (κ2) is 7.09. The molecule has 0 spiro atoms. The molecular weight excluding hydrogens is 283 g/mol. The average Bonchev–Trinajstić information content (AvgIpc) is 2.46. The van der Waals surface area contributed by atoms with Crippen molar-refractivity contribution in [3.63, 3.8) is 0 Å². The summed E-state index contributed by atoms with van der Waals surface area (Å²) in [6, 6.07) is 1.66. The number of hydrogen-bond donors (Lipinski definition) is 0. The average molecular weight is 298 g/mol. The number of aromatic carboxylic acids is 1. The van der Waals surface area contributed by atoms with Crippen molar-refractivity contribution in [1.82, 2.24) is 14.9 Å². The normalized spacial score (nSPS) is 18.4. The monoisotopic (exact) mass is 298 g/mol. The quantitative estimate of drug-likeness (QED) is 0.516. The fourth-order valence-corrected chi connectivity index (χ4v) is 2.42. The second-order valence-electron chi connectivity index (χ2n) is 5.07. The number of amides is 1. The van der Waals surface area contributed by atoms with Crippen molar-refractivity contribution in [3.8, 4) is 0 Å². The van der Waals surface area contributed by atoms with Crippen LogP contribution in [0.5, 0.6) is 0 Å². The number of carbonyl (C=O) groups excluding carboxylic acids is 2. The Labute approximate surface area is 139 Å². The van der Waals surface area contributed by atoms with Crippen LogP contribution in [0.3, 0.4) is 0 Å². The summed E-state index contributed by atoms with van der Waals surface area (Å²) in [5, 5.41) is 10.8. The molecule has 0 aromatic carbocycles. The summed E-state index contributed by atoms with van der Waals surface area (Å²) < 4.78 is 5.04. The molecule has 0 N–H and O–H groups in total. The van der Waals surface area contributed by atoms with Crippen molar-refractivity contribution >= 4 is 17.7 Å². The Balaban J connectivity index is 0.00000176. The van der Waals surface area contributed by atoms with Gasteiger partial charge >= 0.3 is 18.9 Å². The van der Waals surface area contributed by atoms with Gasteiger partial charge in [-0.05, 0) is 6.07 Å². The van der Waals surface area contributed by atoms with Gasteiger partial charge in [0.25, 0.3) is 0 Å². The number of nitrogens with zero attached hydrogens (tertiary/aromatic N) is 4. The molecule has 1 aromatic heterocycles. The van der Waals surface area contributed by atoms with E-state index < -0.39 is 5.97 Å². The van der Waals surface area contributed by atoms with Crippen LogP contribution in [0, 0.1) is 5.92 Å². The predicted octanol–water partition coefficient (Wildman–Crippen LogP) is -4.86. The fourth-order valence-electron chi connectivity index (χ4n) is 2.42. The van der Waals surface area contributed by atoms with Gasteiger partial charge < -0.3 is 24.4 Å². The zero-order valence-corrected chi connectivity index (χ0v) is 12.4. The van der Waals surface area contributed by atoms with Crippen LogP contribution in [0.2, 0.25) is 0 Å². The van der Waals surface area contributed by atoms with E-state index in [1.165, 1.54) is 6.20 Å². The first kappa shape index (κ1) is 16.7. The van der Waals surface area contributed by atoms with E-state index >= 15 is 0 Å². The number of aromatic nitrogens is 2. The summed E-state index contributed by atoms with van der Waals surface area (Å²) in [6.45, 7) is 3.45. The van der Waals surface area contributed by atoms with Crippen LogP contribution in [0.1, 0.15) is 10.6 Å². The Morgan fingerprint density at radius 1 is 1.23 bits per heavy atom. The van der Waals surface area contributed by atoms with Gasteiger partial charge in [0.15, 0.2) is 5.82 Å². The van der Waals surface area contributed by atoms with E-state index in [4.69, 9.17) is 4.74 Å². The van der Waals surface area contributed by atoms with Crippen molar-refractivity contribution < 1.29 is 38.3 Å². The number of ether oxygens (including phenoxy) is 1. The zero-order chi connectivity index (χ0) is 14.8. The zero-order valence-electron chi connectivity index (χ0n) is 12.4. The Kier molecular flexibility index (Phi) is 5.40. The van der Waals surface area contributed by atoms with Crippen LogP contribution in [-0.4, -0.2) is 66.1 Å². The molecule has 3 rings (SSSR count). The first-order valence-electron chi connectivity index (χ1n) is 6.81. The van der Waals surface area contributed by atoms with Crippen LogP contribution >= 0.6 is 0 Å². The van der Waals surface area contributed by atoms with Crippen LogP contribution in [0.15, 0.2) is 12.3 Å². The molecule has 0 aliphatic carbocycles. The van der Waals surface area contributed by atoms with Crippen LogP contribution in [-0.2, 0) is 9.53 Å². The third kappa shape index (κ3) is 3.40. The maximum absolute atomic E-state index is 12.1. The molecular formula is C13H15LiN4O4. The Morgan fingerprint density at radius 2 is 1.91 bits per heavy atom. The Morgan fingerprint density at radius 3 is 2.45 bits per heavy atom. The van der Waals surface area contributed by atoms with Crippen molar-refractivity contribution in [1.29, 1.82) is 0 Å². The van der Waals surface area contributed by atoms with Crippen LogP contribution < -0.4 is 28.9 Å². The molecule has 2 fully saturated rings. The molecule has 22 heavy (non-hydrogen) atoms. The molecule has 1 aromatic rings. The van der Waals surface area contributed by atoms with Gasteiger partial charge in [-0.2, -0.15) is 0 Å². The molecule has 3 heterocycles. The fraction of sp³-hybridized carbons (Fsp3) is 0.538. The molecule has 8 nitrogen and oxygen atoms in total. The third-order valence-corrected chi connectivity index (χ3v) is 3.73. The number of rotatable bonds is 3. The largest absolute Gasteiger partial charge is 1.00 e. The summed E-state index contributed by atoms with van der Waals surface area (Å²) in [7, 11) is 0. The van der Waals surface area contributed by atoms with Gasteiger partial charge in [0.1, 0.15) is 11.8 Å². The SMILES string of the molecule is O=C([O-])c1nccc(N2CCN(C(=O)C3COC3)CC2)n1.[Li+]. The van der Waals surface area contributed by atoms with E-state index in [9.17, 15) is 14.7 Å². The van der Waals surface area contributed by atoms with Crippen LogP contribution in [0.4, 0.5) is 5.82 Å². The van der Waals surface area contributed by atoms with Gasteiger partial charge in [-0.3, -0.25) is 4.79 Å². The number of piperazine rings is 1. The molecule has 2 aliphatic heterocycles. The smallest absolute Gasteiger partial charge is 0.542 e. The molecule has 0 unspecified atom stereocenters. The van der Waals surface area contributed by atoms with E-state index in [1.807, 2.05) is 9.80 Å². The molecule has 0 atom stereocenters.